The molecule has 0 aromatic heterocycles. The summed E-state index contributed by atoms with van der Waals surface area (Å²) >= 11 is 0. The first-order valence-corrected chi connectivity index (χ1v) is 4.60. The molecule has 1 heterocycles. The standard InChI is InChI=1S/C9H16O2/c10-5-9(7-1-2-7)8-3-4-11-6-8/h7-10H,1-6H2. The van der Waals surface area contributed by atoms with Crippen molar-refractivity contribution >= 4 is 0 Å². The van der Waals surface area contributed by atoms with Gasteiger partial charge in [-0.2, -0.15) is 0 Å². The fraction of sp³-hybridized carbons (Fsp3) is 1.00. The highest BCUT2D eigenvalue weighted by molar-refractivity contribution is 4.86. The first kappa shape index (κ1) is 7.56. The predicted octanol–water partition coefficient (Wildman–Crippen LogP) is 1.04. The Kier molecular flexibility index (Phi) is 2.14. The molecule has 0 spiro atoms. The van der Waals surface area contributed by atoms with Gasteiger partial charge in [-0.15, -0.1) is 0 Å². The van der Waals surface area contributed by atoms with E-state index in [9.17, 15) is 0 Å². The molecular weight excluding hydrogens is 140 g/mol. The summed E-state index contributed by atoms with van der Waals surface area (Å²) in [6.45, 7) is 2.17. The van der Waals surface area contributed by atoms with E-state index < -0.39 is 0 Å². The number of rotatable bonds is 3. The van der Waals surface area contributed by atoms with Crippen molar-refractivity contribution in [3.05, 3.63) is 0 Å². The summed E-state index contributed by atoms with van der Waals surface area (Å²) in [6, 6.07) is 0. The van der Waals surface area contributed by atoms with Crippen LogP contribution in [-0.2, 0) is 4.74 Å². The maximum atomic E-state index is 9.14. The van der Waals surface area contributed by atoms with E-state index in [1.165, 1.54) is 19.3 Å². The number of hydrogen-bond donors (Lipinski definition) is 1. The van der Waals surface area contributed by atoms with Crippen LogP contribution in [0, 0.1) is 17.8 Å². The highest BCUT2D eigenvalue weighted by Gasteiger charge is 2.37. The number of hydrogen-bond acceptors (Lipinski definition) is 2. The van der Waals surface area contributed by atoms with Gasteiger partial charge in [-0.1, -0.05) is 0 Å². The lowest BCUT2D eigenvalue weighted by atomic mass is 9.88. The Bertz CT molecular complexity index is 126. The molecule has 1 saturated heterocycles. The van der Waals surface area contributed by atoms with Crippen LogP contribution >= 0.6 is 0 Å². The lowest BCUT2D eigenvalue weighted by Crippen LogP contribution is -2.20. The molecule has 1 aliphatic carbocycles. The van der Waals surface area contributed by atoms with E-state index in [1.807, 2.05) is 0 Å². The van der Waals surface area contributed by atoms with Crippen molar-refractivity contribution in [2.45, 2.75) is 19.3 Å². The fourth-order valence-electron chi connectivity index (χ4n) is 2.10. The molecule has 2 atom stereocenters. The second-order valence-corrected chi connectivity index (χ2v) is 3.81. The summed E-state index contributed by atoms with van der Waals surface area (Å²) in [7, 11) is 0. The fourth-order valence-corrected chi connectivity index (χ4v) is 2.10. The third kappa shape index (κ3) is 1.57. The van der Waals surface area contributed by atoms with E-state index in [0.29, 0.717) is 18.4 Å². The molecule has 0 amide bonds. The zero-order valence-corrected chi connectivity index (χ0v) is 6.83. The first-order valence-electron chi connectivity index (χ1n) is 4.60. The van der Waals surface area contributed by atoms with Crippen molar-refractivity contribution in [2.24, 2.45) is 17.8 Å². The number of aliphatic hydroxyl groups excluding tert-OH is 1. The zero-order chi connectivity index (χ0) is 7.68. The van der Waals surface area contributed by atoms with Crippen molar-refractivity contribution < 1.29 is 9.84 Å². The largest absolute Gasteiger partial charge is 0.396 e. The van der Waals surface area contributed by atoms with Gasteiger partial charge < -0.3 is 9.84 Å². The Morgan fingerprint density at radius 3 is 2.55 bits per heavy atom. The zero-order valence-electron chi connectivity index (χ0n) is 6.83. The monoisotopic (exact) mass is 156 g/mol. The molecule has 2 nitrogen and oxygen atoms in total. The lowest BCUT2D eigenvalue weighted by Gasteiger charge is -2.18. The van der Waals surface area contributed by atoms with Crippen LogP contribution in [0.15, 0.2) is 0 Å². The molecule has 0 radical (unpaired) electrons. The van der Waals surface area contributed by atoms with Crippen LogP contribution in [0.2, 0.25) is 0 Å². The van der Waals surface area contributed by atoms with Crippen LogP contribution in [-0.4, -0.2) is 24.9 Å². The molecule has 2 fully saturated rings. The number of aliphatic hydroxyl groups is 1. The van der Waals surface area contributed by atoms with Crippen LogP contribution in [0.3, 0.4) is 0 Å². The van der Waals surface area contributed by atoms with Crippen molar-refractivity contribution in [1.29, 1.82) is 0 Å². The van der Waals surface area contributed by atoms with Gasteiger partial charge >= 0.3 is 0 Å². The highest BCUT2D eigenvalue weighted by Crippen LogP contribution is 2.42. The van der Waals surface area contributed by atoms with Gasteiger partial charge in [0, 0.05) is 19.8 Å². The Labute approximate surface area is 67.6 Å². The van der Waals surface area contributed by atoms with Crippen molar-refractivity contribution in [3.8, 4) is 0 Å². The van der Waals surface area contributed by atoms with Crippen LogP contribution in [0.25, 0.3) is 0 Å². The van der Waals surface area contributed by atoms with Crippen LogP contribution in [0.5, 0.6) is 0 Å². The van der Waals surface area contributed by atoms with Crippen molar-refractivity contribution in [3.63, 3.8) is 0 Å². The molecule has 2 aliphatic rings. The molecule has 11 heavy (non-hydrogen) atoms. The van der Waals surface area contributed by atoms with Gasteiger partial charge in [0.25, 0.3) is 0 Å². The average Bonchev–Trinajstić information content (AvgIpc) is 2.68. The predicted molar refractivity (Wildman–Crippen MR) is 42.2 cm³/mol. The van der Waals surface area contributed by atoms with Gasteiger partial charge in [0.15, 0.2) is 0 Å². The maximum Gasteiger partial charge on any atom is 0.0498 e. The summed E-state index contributed by atoms with van der Waals surface area (Å²) in [6.07, 6.45) is 3.84. The Morgan fingerprint density at radius 2 is 2.09 bits per heavy atom. The molecule has 2 unspecified atom stereocenters. The molecular formula is C9H16O2. The summed E-state index contributed by atoms with van der Waals surface area (Å²) in [5.74, 6) is 2.04. The van der Waals surface area contributed by atoms with Gasteiger partial charge in [0.1, 0.15) is 0 Å². The Morgan fingerprint density at radius 1 is 1.27 bits per heavy atom. The summed E-state index contributed by atoms with van der Waals surface area (Å²) in [5, 5.41) is 9.14. The third-order valence-electron chi connectivity index (χ3n) is 3.01. The number of ether oxygens (including phenoxy) is 1. The maximum absolute atomic E-state index is 9.14. The molecule has 1 N–H and O–H groups in total. The topological polar surface area (TPSA) is 29.5 Å². The second-order valence-electron chi connectivity index (χ2n) is 3.81. The van der Waals surface area contributed by atoms with E-state index in [-0.39, 0.29) is 0 Å². The van der Waals surface area contributed by atoms with Crippen LogP contribution in [0.4, 0.5) is 0 Å². The van der Waals surface area contributed by atoms with E-state index in [2.05, 4.69) is 0 Å². The van der Waals surface area contributed by atoms with Gasteiger partial charge in [0.2, 0.25) is 0 Å². The van der Waals surface area contributed by atoms with Crippen molar-refractivity contribution in [1.82, 2.24) is 0 Å². The van der Waals surface area contributed by atoms with E-state index in [4.69, 9.17) is 9.84 Å². The quantitative estimate of drug-likeness (QED) is 0.661. The molecule has 0 bridgehead atoms. The smallest absolute Gasteiger partial charge is 0.0498 e. The molecule has 0 aromatic rings. The van der Waals surface area contributed by atoms with E-state index in [1.54, 1.807) is 0 Å². The van der Waals surface area contributed by atoms with Gasteiger partial charge in [0.05, 0.1) is 0 Å². The SMILES string of the molecule is OCC(C1CC1)C1CCOC1. The van der Waals surface area contributed by atoms with Gasteiger partial charge in [-0.25, -0.2) is 0 Å². The van der Waals surface area contributed by atoms with E-state index >= 15 is 0 Å². The Hall–Kier alpha value is -0.0800. The molecule has 64 valence electrons. The molecule has 1 aliphatic heterocycles. The second kappa shape index (κ2) is 3.11. The average molecular weight is 156 g/mol. The summed E-state index contributed by atoms with van der Waals surface area (Å²) < 4.78 is 5.31. The molecule has 0 aromatic carbocycles. The van der Waals surface area contributed by atoms with Gasteiger partial charge in [-0.3, -0.25) is 0 Å². The highest BCUT2D eigenvalue weighted by atomic mass is 16.5. The summed E-state index contributed by atoms with van der Waals surface area (Å²) in [5.41, 5.74) is 0. The minimum absolute atomic E-state index is 0.374. The molecule has 1 saturated carbocycles. The van der Waals surface area contributed by atoms with Crippen LogP contribution in [0.1, 0.15) is 19.3 Å². The van der Waals surface area contributed by atoms with Gasteiger partial charge in [-0.05, 0) is 37.0 Å². The molecule has 2 rings (SSSR count). The normalized spacial score (nSPS) is 34.1. The summed E-state index contributed by atoms with van der Waals surface area (Å²) in [4.78, 5) is 0. The first-order chi connectivity index (χ1) is 5.42. The van der Waals surface area contributed by atoms with E-state index in [0.717, 1.165) is 19.1 Å². The minimum atomic E-state index is 0.374. The lowest BCUT2D eigenvalue weighted by molar-refractivity contribution is 0.128. The van der Waals surface area contributed by atoms with Crippen molar-refractivity contribution in [2.75, 3.05) is 19.8 Å². The molecule has 2 heteroatoms. The third-order valence-corrected chi connectivity index (χ3v) is 3.01. The van der Waals surface area contributed by atoms with Crippen LogP contribution < -0.4 is 0 Å². The Balaban J connectivity index is 1.87. The minimum Gasteiger partial charge on any atom is -0.396 e.